The summed E-state index contributed by atoms with van der Waals surface area (Å²) in [5.74, 6) is 2.07. The Labute approximate surface area is 204 Å². The molecule has 0 aliphatic rings. The van der Waals surface area contributed by atoms with E-state index in [9.17, 15) is 0 Å². The molecule has 2 aromatic heterocycles. The fraction of sp³-hybridized carbons (Fsp3) is 0.129. The van der Waals surface area contributed by atoms with E-state index in [4.69, 9.17) is 19.4 Å². The Balaban J connectivity index is 1.50. The molecule has 4 heteroatoms. The molecule has 0 amide bonds. The van der Waals surface area contributed by atoms with Crippen LogP contribution in [0.5, 0.6) is 0 Å². The zero-order valence-corrected chi connectivity index (χ0v) is 20.0. The Kier molecular flexibility index (Phi) is 4.96. The van der Waals surface area contributed by atoms with Crippen molar-refractivity contribution in [2.75, 3.05) is 0 Å². The lowest BCUT2D eigenvalue weighted by Gasteiger charge is -2.18. The summed E-state index contributed by atoms with van der Waals surface area (Å²) >= 11 is 0. The van der Waals surface area contributed by atoms with Gasteiger partial charge in [-0.2, -0.15) is 0 Å². The van der Waals surface area contributed by atoms with E-state index in [1.165, 1.54) is 0 Å². The van der Waals surface area contributed by atoms with E-state index in [0.29, 0.717) is 11.6 Å². The Bertz CT molecular complexity index is 1680. The van der Waals surface area contributed by atoms with Crippen LogP contribution in [0.15, 0.2) is 101 Å². The predicted molar refractivity (Wildman–Crippen MR) is 142 cm³/mol. The molecule has 0 saturated heterocycles. The molecule has 0 aliphatic carbocycles. The highest BCUT2D eigenvalue weighted by atomic mass is 16.3. The molecule has 0 spiro atoms. The van der Waals surface area contributed by atoms with Crippen LogP contribution >= 0.6 is 0 Å². The van der Waals surface area contributed by atoms with Crippen LogP contribution in [-0.2, 0) is 5.41 Å². The van der Waals surface area contributed by atoms with Crippen molar-refractivity contribution in [3.8, 4) is 33.9 Å². The van der Waals surface area contributed by atoms with Crippen LogP contribution in [0.1, 0.15) is 26.6 Å². The van der Waals surface area contributed by atoms with Gasteiger partial charge in [0, 0.05) is 27.3 Å². The second kappa shape index (κ2) is 8.17. The van der Waals surface area contributed by atoms with Gasteiger partial charge in [-0.15, -0.1) is 0 Å². The minimum absolute atomic E-state index is 0.229. The fourth-order valence-electron chi connectivity index (χ4n) is 4.30. The van der Waals surface area contributed by atoms with Crippen molar-refractivity contribution < 1.29 is 4.42 Å². The SMILES string of the molecule is CC(C)(C)c1nc(-c2cccc(-c3ccccc3)c2)nc(-c2ccc3c(c2)oc2ccccc23)n1. The van der Waals surface area contributed by atoms with Crippen molar-refractivity contribution in [2.24, 2.45) is 0 Å². The minimum atomic E-state index is -0.229. The highest BCUT2D eigenvalue weighted by Crippen LogP contribution is 2.33. The normalized spacial score (nSPS) is 11.9. The first-order chi connectivity index (χ1) is 17.0. The summed E-state index contributed by atoms with van der Waals surface area (Å²) in [7, 11) is 0. The van der Waals surface area contributed by atoms with Gasteiger partial charge in [0.05, 0.1) is 0 Å². The van der Waals surface area contributed by atoms with Gasteiger partial charge >= 0.3 is 0 Å². The quantitative estimate of drug-likeness (QED) is 0.271. The van der Waals surface area contributed by atoms with Crippen molar-refractivity contribution in [2.45, 2.75) is 26.2 Å². The van der Waals surface area contributed by atoms with E-state index < -0.39 is 0 Å². The number of hydrogen-bond acceptors (Lipinski definition) is 4. The van der Waals surface area contributed by atoms with Gasteiger partial charge in [-0.3, -0.25) is 0 Å². The predicted octanol–water partition coefficient (Wildman–Crippen LogP) is 8.07. The Hall–Kier alpha value is -4.31. The summed E-state index contributed by atoms with van der Waals surface area (Å²) in [6.07, 6.45) is 0. The van der Waals surface area contributed by atoms with E-state index in [-0.39, 0.29) is 5.41 Å². The summed E-state index contributed by atoms with van der Waals surface area (Å²) in [5.41, 5.74) is 5.64. The van der Waals surface area contributed by atoms with Crippen molar-refractivity contribution in [3.05, 3.63) is 103 Å². The van der Waals surface area contributed by atoms with E-state index in [0.717, 1.165) is 50.0 Å². The van der Waals surface area contributed by atoms with Gasteiger partial charge in [0.1, 0.15) is 17.0 Å². The summed E-state index contributed by atoms with van der Waals surface area (Å²) in [5, 5.41) is 2.20. The average Bonchev–Trinajstić information content (AvgIpc) is 3.26. The van der Waals surface area contributed by atoms with Crippen LogP contribution in [0, 0.1) is 0 Å². The van der Waals surface area contributed by atoms with E-state index >= 15 is 0 Å². The molecule has 6 aromatic rings. The number of para-hydroxylation sites is 1. The first kappa shape index (κ1) is 21.2. The summed E-state index contributed by atoms with van der Waals surface area (Å²) in [4.78, 5) is 14.7. The monoisotopic (exact) mass is 455 g/mol. The van der Waals surface area contributed by atoms with Crippen LogP contribution in [0.3, 0.4) is 0 Å². The number of fused-ring (bicyclic) bond motifs is 3. The molecule has 0 atom stereocenters. The second-order valence-corrected chi connectivity index (χ2v) is 9.81. The summed E-state index contributed by atoms with van der Waals surface area (Å²) in [6, 6.07) is 33.0. The van der Waals surface area contributed by atoms with Crippen molar-refractivity contribution in [3.63, 3.8) is 0 Å². The number of nitrogens with zero attached hydrogens (tertiary/aromatic N) is 3. The molecule has 4 nitrogen and oxygen atoms in total. The largest absolute Gasteiger partial charge is 0.456 e. The third-order valence-corrected chi connectivity index (χ3v) is 6.17. The number of benzene rings is 4. The first-order valence-electron chi connectivity index (χ1n) is 11.8. The highest BCUT2D eigenvalue weighted by molar-refractivity contribution is 6.05. The lowest BCUT2D eigenvalue weighted by molar-refractivity contribution is 0.543. The topological polar surface area (TPSA) is 51.8 Å². The van der Waals surface area contributed by atoms with Crippen LogP contribution in [-0.4, -0.2) is 15.0 Å². The van der Waals surface area contributed by atoms with Gasteiger partial charge in [-0.05, 0) is 35.4 Å². The maximum Gasteiger partial charge on any atom is 0.163 e. The number of aromatic nitrogens is 3. The number of rotatable bonds is 3. The Morgan fingerprint density at radius 3 is 1.91 bits per heavy atom. The summed E-state index contributed by atoms with van der Waals surface area (Å²) < 4.78 is 6.12. The molecular formula is C31H25N3O. The van der Waals surface area contributed by atoms with E-state index in [1.54, 1.807) is 0 Å². The first-order valence-corrected chi connectivity index (χ1v) is 11.8. The summed E-state index contributed by atoms with van der Waals surface area (Å²) in [6.45, 7) is 6.37. The van der Waals surface area contributed by atoms with Crippen LogP contribution in [0.2, 0.25) is 0 Å². The maximum absolute atomic E-state index is 6.12. The molecule has 0 bridgehead atoms. The lowest BCUT2D eigenvalue weighted by atomic mass is 9.95. The molecule has 35 heavy (non-hydrogen) atoms. The van der Waals surface area contributed by atoms with E-state index in [2.05, 4.69) is 87.5 Å². The van der Waals surface area contributed by atoms with Crippen molar-refractivity contribution >= 4 is 21.9 Å². The lowest BCUT2D eigenvalue weighted by Crippen LogP contribution is -2.18. The van der Waals surface area contributed by atoms with E-state index in [1.807, 2.05) is 30.3 Å². The fourth-order valence-corrected chi connectivity index (χ4v) is 4.30. The molecule has 0 aliphatic heterocycles. The Morgan fingerprint density at radius 1 is 0.514 bits per heavy atom. The molecule has 0 saturated carbocycles. The third-order valence-electron chi connectivity index (χ3n) is 6.17. The second-order valence-electron chi connectivity index (χ2n) is 9.81. The molecular weight excluding hydrogens is 430 g/mol. The molecule has 170 valence electrons. The molecule has 4 aromatic carbocycles. The highest BCUT2D eigenvalue weighted by Gasteiger charge is 2.21. The number of furan rings is 1. The number of hydrogen-bond donors (Lipinski definition) is 0. The molecule has 2 heterocycles. The molecule has 0 N–H and O–H groups in total. The minimum Gasteiger partial charge on any atom is -0.456 e. The van der Waals surface area contributed by atoms with Crippen LogP contribution < -0.4 is 0 Å². The molecule has 0 fully saturated rings. The van der Waals surface area contributed by atoms with Gasteiger partial charge in [0.15, 0.2) is 11.6 Å². The zero-order chi connectivity index (χ0) is 24.0. The van der Waals surface area contributed by atoms with Gasteiger partial charge in [-0.1, -0.05) is 93.6 Å². The Morgan fingerprint density at radius 2 is 1.14 bits per heavy atom. The molecule has 0 unspecified atom stereocenters. The van der Waals surface area contributed by atoms with Gasteiger partial charge < -0.3 is 4.42 Å². The maximum atomic E-state index is 6.12. The van der Waals surface area contributed by atoms with Crippen molar-refractivity contribution in [1.82, 2.24) is 15.0 Å². The standard InChI is InChI=1S/C31H25N3O/c1-31(2,3)30-33-28(22-13-9-12-21(18-22)20-10-5-4-6-11-20)32-29(34-30)23-16-17-25-24-14-7-8-15-26(24)35-27(25)19-23/h4-19H,1-3H3. The van der Waals surface area contributed by atoms with Crippen LogP contribution in [0.4, 0.5) is 0 Å². The van der Waals surface area contributed by atoms with Crippen molar-refractivity contribution in [1.29, 1.82) is 0 Å². The average molecular weight is 456 g/mol. The molecule has 0 radical (unpaired) electrons. The smallest absolute Gasteiger partial charge is 0.163 e. The zero-order valence-electron chi connectivity index (χ0n) is 20.0. The third kappa shape index (κ3) is 3.97. The molecule has 6 rings (SSSR count). The van der Waals surface area contributed by atoms with Crippen LogP contribution in [0.25, 0.3) is 55.8 Å². The van der Waals surface area contributed by atoms with Gasteiger partial charge in [0.2, 0.25) is 0 Å². The van der Waals surface area contributed by atoms with Gasteiger partial charge in [0.25, 0.3) is 0 Å². The van der Waals surface area contributed by atoms with Gasteiger partial charge in [-0.25, -0.2) is 15.0 Å².